The number of carbonyl (C=O) groups is 2. The SMILES string of the molecule is O=C(OCc1ccccc1)[C@H](CSCc1ccccc1)NC(=O)N(CCSCc1ccccc1)CCc1ccccc1. The van der Waals surface area contributed by atoms with Gasteiger partial charge >= 0.3 is 12.0 Å². The Morgan fingerprint density at radius 3 is 1.71 bits per heavy atom. The van der Waals surface area contributed by atoms with E-state index in [1.54, 1.807) is 23.5 Å². The van der Waals surface area contributed by atoms with E-state index in [1.807, 2.05) is 89.8 Å². The van der Waals surface area contributed by atoms with E-state index < -0.39 is 12.0 Å². The molecule has 0 heterocycles. The molecule has 4 aromatic rings. The number of hydrogen-bond acceptors (Lipinski definition) is 5. The number of benzene rings is 4. The Morgan fingerprint density at radius 1 is 0.643 bits per heavy atom. The Hall–Kier alpha value is -3.68. The molecule has 0 aliphatic heterocycles. The largest absolute Gasteiger partial charge is 0.459 e. The van der Waals surface area contributed by atoms with Crippen molar-refractivity contribution in [3.05, 3.63) is 144 Å². The lowest BCUT2D eigenvalue weighted by atomic mass is 10.1. The first-order valence-corrected chi connectivity index (χ1v) is 16.5. The fraction of sp³-hybridized carbons (Fsp3) is 0.257. The normalized spacial score (nSPS) is 11.4. The molecule has 0 unspecified atom stereocenters. The van der Waals surface area contributed by atoms with Gasteiger partial charge in [0.15, 0.2) is 0 Å². The molecule has 5 nitrogen and oxygen atoms in total. The molecule has 218 valence electrons. The second kappa shape index (κ2) is 18.0. The van der Waals surface area contributed by atoms with E-state index in [0.717, 1.165) is 29.2 Å². The zero-order chi connectivity index (χ0) is 29.2. The van der Waals surface area contributed by atoms with Crippen molar-refractivity contribution in [1.82, 2.24) is 10.2 Å². The van der Waals surface area contributed by atoms with Crippen LogP contribution in [0.15, 0.2) is 121 Å². The van der Waals surface area contributed by atoms with E-state index in [9.17, 15) is 9.59 Å². The van der Waals surface area contributed by atoms with Crippen LogP contribution in [0.4, 0.5) is 4.79 Å². The van der Waals surface area contributed by atoms with E-state index in [-0.39, 0.29) is 12.6 Å². The molecule has 0 aliphatic rings. The molecule has 4 aromatic carbocycles. The number of rotatable bonds is 16. The highest BCUT2D eigenvalue weighted by Crippen LogP contribution is 2.16. The Labute approximate surface area is 258 Å². The molecule has 1 N–H and O–H groups in total. The van der Waals surface area contributed by atoms with Gasteiger partial charge in [-0.2, -0.15) is 23.5 Å². The Kier molecular flexibility index (Phi) is 13.4. The van der Waals surface area contributed by atoms with Crippen molar-refractivity contribution in [2.24, 2.45) is 0 Å². The number of nitrogens with zero attached hydrogens (tertiary/aromatic N) is 1. The molecule has 0 saturated carbocycles. The number of esters is 1. The maximum Gasteiger partial charge on any atom is 0.329 e. The van der Waals surface area contributed by atoms with Gasteiger partial charge in [-0.25, -0.2) is 9.59 Å². The van der Waals surface area contributed by atoms with Crippen LogP contribution in [0.2, 0.25) is 0 Å². The monoisotopic (exact) mass is 598 g/mol. The molecule has 7 heteroatoms. The summed E-state index contributed by atoms with van der Waals surface area (Å²) in [4.78, 5) is 28.7. The number of amides is 2. The van der Waals surface area contributed by atoms with E-state index in [4.69, 9.17) is 4.74 Å². The molecule has 2 amide bonds. The summed E-state index contributed by atoms with van der Waals surface area (Å²) in [5, 5.41) is 3.02. The summed E-state index contributed by atoms with van der Waals surface area (Å²) in [5.74, 6) is 2.42. The standard InChI is InChI=1S/C35H38N2O3S2/c38-34(40-25-30-15-7-2-8-16-30)33(28-42-27-32-19-11-4-12-20-32)36-35(39)37(22-21-29-13-5-1-6-14-29)23-24-41-26-31-17-9-3-10-18-31/h1-20,33H,21-28H2,(H,36,39)/t33-/m0/s1. The molecule has 1 atom stereocenters. The average molecular weight is 599 g/mol. The van der Waals surface area contributed by atoms with Gasteiger partial charge < -0.3 is 15.0 Å². The molecule has 0 spiro atoms. The fourth-order valence-corrected chi connectivity index (χ4v) is 6.19. The van der Waals surface area contributed by atoms with E-state index in [1.165, 1.54) is 16.7 Å². The van der Waals surface area contributed by atoms with Crippen molar-refractivity contribution in [1.29, 1.82) is 0 Å². The van der Waals surface area contributed by atoms with Crippen LogP contribution in [0.5, 0.6) is 0 Å². The minimum Gasteiger partial charge on any atom is -0.459 e. The lowest BCUT2D eigenvalue weighted by Crippen LogP contribution is -2.50. The summed E-state index contributed by atoms with van der Waals surface area (Å²) in [5.41, 5.74) is 4.52. The minimum atomic E-state index is -0.758. The van der Waals surface area contributed by atoms with Gasteiger partial charge in [0.2, 0.25) is 0 Å². The third kappa shape index (κ3) is 11.3. The van der Waals surface area contributed by atoms with Crippen molar-refractivity contribution in [3.63, 3.8) is 0 Å². The first kappa shape index (κ1) is 31.3. The number of ether oxygens (including phenoxy) is 1. The number of thioether (sulfide) groups is 2. The van der Waals surface area contributed by atoms with Crippen LogP contribution >= 0.6 is 23.5 Å². The van der Waals surface area contributed by atoms with Gasteiger partial charge in [-0.05, 0) is 28.7 Å². The van der Waals surface area contributed by atoms with Crippen LogP contribution in [0.1, 0.15) is 22.3 Å². The highest BCUT2D eigenvalue weighted by molar-refractivity contribution is 7.98. The first-order valence-electron chi connectivity index (χ1n) is 14.2. The highest BCUT2D eigenvalue weighted by Gasteiger charge is 2.25. The zero-order valence-electron chi connectivity index (χ0n) is 23.8. The summed E-state index contributed by atoms with van der Waals surface area (Å²) in [6.45, 7) is 1.31. The predicted octanol–water partition coefficient (Wildman–Crippen LogP) is 7.22. The molecule has 0 radical (unpaired) electrons. The molecule has 0 bridgehead atoms. The second-order valence-corrected chi connectivity index (χ2v) is 12.0. The Bertz CT molecular complexity index is 1330. The number of hydrogen-bond donors (Lipinski definition) is 1. The third-order valence-corrected chi connectivity index (χ3v) is 8.73. The maximum atomic E-state index is 13.6. The molecule has 0 aliphatic carbocycles. The number of nitrogens with one attached hydrogen (secondary N) is 1. The molecule has 0 aromatic heterocycles. The van der Waals surface area contributed by atoms with Crippen molar-refractivity contribution in [2.45, 2.75) is 30.6 Å². The van der Waals surface area contributed by atoms with Gasteiger partial charge in [0.05, 0.1) is 0 Å². The van der Waals surface area contributed by atoms with Crippen molar-refractivity contribution in [3.8, 4) is 0 Å². The summed E-state index contributed by atoms with van der Waals surface area (Å²) in [7, 11) is 0. The predicted molar refractivity (Wildman–Crippen MR) is 175 cm³/mol. The van der Waals surface area contributed by atoms with Crippen molar-refractivity contribution in [2.75, 3.05) is 24.6 Å². The molecule has 0 saturated heterocycles. The average Bonchev–Trinajstić information content (AvgIpc) is 3.04. The quantitative estimate of drug-likeness (QED) is 0.109. The maximum absolute atomic E-state index is 13.6. The van der Waals surface area contributed by atoms with Crippen LogP contribution in [0.3, 0.4) is 0 Å². The van der Waals surface area contributed by atoms with Gasteiger partial charge in [-0.1, -0.05) is 121 Å². The smallest absolute Gasteiger partial charge is 0.329 e. The first-order chi connectivity index (χ1) is 20.7. The minimum absolute atomic E-state index is 0.170. The number of carbonyl (C=O) groups excluding carboxylic acids is 2. The molecular formula is C35H38N2O3S2. The van der Waals surface area contributed by atoms with Crippen LogP contribution in [0, 0.1) is 0 Å². The Balaban J connectivity index is 1.38. The van der Waals surface area contributed by atoms with Gasteiger partial charge in [-0.3, -0.25) is 0 Å². The lowest BCUT2D eigenvalue weighted by molar-refractivity contribution is -0.146. The molecular weight excluding hydrogens is 561 g/mol. The molecule has 42 heavy (non-hydrogen) atoms. The van der Waals surface area contributed by atoms with Gasteiger partial charge in [0.25, 0.3) is 0 Å². The van der Waals surface area contributed by atoms with Crippen LogP contribution in [-0.4, -0.2) is 47.5 Å². The summed E-state index contributed by atoms with van der Waals surface area (Å²) >= 11 is 3.41. The lowest BCUT2D eigenvalue weighted by Gasteiger charge is -2.26. The summed E-state index contributed by atoms with van der Waals surface area (Å²) in [6.07, 6.45) is 0.740. The number of urea groups is 1. The van der Waals surface area contributed by atoms with Gasteiger partial charge in [-0.15, -0.1) is 0 Å². The van der Waals surface area contributed by atoms with Crippen LogP contribution in [-0.2, 0) is 34.1 Å². The molecule has 0 fully saturated rings. The second-order valence-electron chi connectivity index (χ2n) is 9.86. The van der Waals surface area contributed by atoms with Crippen LogP contribution in [0.25, 0.3) is 0 Å². The third-order valence-electron chi connectivity index (χ3n) is 6.62. The summed E-state index contributed by atoms with van der Waals surface area (Å²) < 4.78 is 5.66. The summed E-state index contributed by atoms with van der Waals surface area (Å²) in [6, 6.07) is 39.2. The fourth-order valence-electron chi connectivity index (χ4n) is 4.27. The zero-order valence-corrected chi connectivity index (χ0v) is 25.4. The van der Waals surface area contributed by atoms with Crippen LogP contribution < -0.4 is 5.32 Å². The van der Waals surface area contributed by atoms with Gasteiger partial charge in [0.1, 0.15) is 12.6 Å². The van der Waals surface area contributed by atoms with Crippen molar-refractivity contribution >= 4 is 35.5 Å². The molecule has 4 rings (SSSR count). The Morgan fingerprint density at radius 2 is 1.14 bits per heavy atom. The topological polar surface area (TPSA) is 58.6 Å². The van der Waals surface area contributed by atoms with E-state index >= 15 is 0 Å². The van der Waals surface area contributed by atoms with E-state index in [0.29, 0.717) is 18.8 Å². The van der Waals surface area contributed by atoms with E-state index in [2.05, 4.69) is 41.7 Å². The highest BCUT2D eigenvalue weighted by atomic mass is 32.2. The van der Waals surface area contributed by atoms with Crippen molar-refractivity contribution < 1.29 is 14.3 Å². The van der Waals surface area contributed by atoms with Gasteiger partial charge in [0, 0.05) is 36.1 Å².